The predicted molar refractivity (Wildman–Crippen MR) is 102 cm³/mol. The number of nitrogens with zero attached hydrogens (tertiary/aromatic N) is 2. The molecule has 1 aliphatic rings. The Kier molecular flexibility index (Phi) is 5.67. The molecule has 138 valence electrons. The molecule has 0 bridgehead atoms. The number of benzene rings is 2. The molecule has 3 rings (SSSR count). The second kappa shape index (κ2) is 7.96. The van der Waals surface area contributed by atoms with E-state index in [1.54, 1.807) is 4.90 Å². The van der Waals surface area contributed by atoms with Crippen LogP contribution in [0.1, 0.15) is 24.2 Å². The molecule has 1 aliphatic heterocycles. The average molecular weight is 377 g/mol. The van der Waals surface area contributed by atoms with E-state index in [0.29, 0.717) is 26.2 Å². The van der Waals surface area contributed by atoms with Gasteiger partial charge in [-0.2, -0.15) is 0 Å². The normalized spacial score (nSPS) is 14.7. The Morgan fingerprint density at radius 3 is 2.31 bits per heavy atom. The summed E-state index contributed by atoms with van der Waals surface area (Å²) in [4.78, 5) is 16.4. The van der Waals surface area contributed by atoms with Crippen LogP contribution in [0.5, 0.6) is 5.75 Å². The summed E-state index contributed by atoms with van der Waals surface area (Å²) in [6, 6.07) is 12.2. The number of carbonyl (C=O) groups excluding carboxylic acids is 1. The van der Waals surface area contributed by atoms with E-state index < -0.39 is 5.82 Å². The smallest absolute Gasteiger partial charge is 0.258 e. The largest absolute Gasteiger partial charge is 0.491 e. The van der Waals surface area contributed by atoms with Crippen molar-refractivity contribution in [3.8, 4) is 5.75 Å². The number of ether oxygens (including phenoxy) is 1. The van der Waals surface area contributed by atoms with Crippen molar-refractivity contribution in [2.24, 2.45) is 0 Å². The number of amides is 1. The van der Waals surface area contributed by atoms with E-state index in [9.17, 15) is 9.18 Å². The molecule has 0 aromatic heterocycles. The van der Waals surface area contributed by atoms with Gasteiger partial charge in [0.15, 0.2) is 0 Å². The van der Waals surface area contributed by atoms with Crippen molar-refractivity contribution in [3.63, 3.8) is 0 Å². The number of rotatable bonds is 4. The van der Waals surface area contributed by atoms with Gasteiger partial charge in [-0.05, 0) is 50.2 Å². The van der Waals surface area contributed by atoms with Crippen LogP contribution in [0.4, 0.5) is 10.1 Å². The highest BCUT2D eigenvalue weighted by Gasteiger charge is 2.26. The van der Waals surface area contributed by atoms with Crippen molar-refractivity contribution in [1.82, 2.24) is 4.90 Å². The van der Waals surface area contributed by atoms with E-state index in [1.807, 2.05) is 38.1 Å². The Morgan fingerprint density at radius 1 is 1.08 bits per heavy atom. The average Bonchev–Trinajstić information content (AvgIpc) is 2.62. The molecule has 2 aromatic rings. The molecule has 0 saturated carbocycles. The first-order chi connectivity index (χ1) is 12.5. The Hall–Kier alpha value is -2.27. The minimum atomic E-state index is -0.578. The minimum absolute atomic E-state index is 0.0437. The molecule has 1 saturated heterocycles. The van der Waals surface area contributed by atoms with Crippen LogP contribution in [0.3, 0.4) is 0 Å². The highest BCUT2D eigenvalue weighted by molar-refractivity contribution is 6.33. The zero-order valence-electron chi connectivity index (χ0n) is 14.9. The molecule has 26 heavy (non-hydrogen) atoms. The first-order valence-corrected chi connectivity index (χ1v) is 9.08. The highest BCUT2D eigenvalue weighted by Crippen LogP contribution is 2.24. The Labute approximate surface area is 158 Å². The Bertz CT molecular complexity index is 752. The zero-order chi connectivity index (χ0) is 18.7. The molecule has 0 atom stereocenters. The van der Waals surface area contributed by atoms with Crippen LogP contribution < -0.4 is 9.64 Å². The van der Waals surface area contributed by atoms with Crippen molar-refractivity contribution in [2.75, 3.05) is 31.1 Å². The molecule has 0 radical (unpaired) electrons. The van der Waals surface area contributed by atoms with Crippen molar-refractivity contribution in [2.45, 2.75) is 20.0 Å². The minimum Gasteiger partial charge on any atom is -0.491 e. The third-order valence-corrected chi connectivity index (χ3v) is 4.63. The van der Waals surface area contributed by atoms with Crippen LogP contribution >= 0.6 is 11.6 Å². The summed E-state index contributed by atoms with van der Waals surface area (Å²) in [6.45, 7) is 6.39. The fourth-order valence-corrected chi connectivity index (χ4v) is 3.28. The number of halogens is 2. The second-order valence-electron chi connectivity index (χ2n) is 6.54. The SMILES string of the molecule is CC(C)Oc1ccc(N2CCN(C(=O)c3c(F)cccc3Cl)CC2)cc1. The van der Waals surface area contributed by atoms with Crippen LogP contribution in [-0.2, 0) is 0 Å². The van der Waals surface area contributed by atoms with E-state index >= 15 is 0 Å². The fourth-order valence-electron chi connectivity index (χ4n) is 3.04. The van der Waals surface area contributed by atoms with Gasteiger partial charge in [-0.25, -0.2) is 4.39 Å². The third kappa shape index (κ3) is 4.10. The van der Waals surface area contributed by atoms with Gasteiger partial charge in [0.05, 0.1) is 16.7 Å². The van der Waals surface area contributed by atoms with Crippen molar-refractivity contribution in [3.05, 3.63) is 58.9 Å². The summed E-state index contributed by atoms with van der Waals surface area (Å²) in [5, 5.41) is 0.151. The summed E-state index contributed by atoms with van der Waals surface area (Å²) < 4.78 is 19.6. The Morgan fingerprint density at radius 2 is 1.73 bits per heavy atom. The van der Waals surface area contributed by atoms with Gasteiger partial charge in [0.1, 0.15) is 11.6 Å². The molecule has 0 aliphatic carbocycles. The first-order valence-electron chi connectivity index (χ1n) is 8.70. The van der Waals surface area contributed by atoms with Gasteiger partial charge >= 0.3 is 0 Å². The van der Waals surface area contributed by atoms with Crippen LogP contribution in [-0.4, -0.2) is 43.1 Å². The summed E-state index contributed by atoms with van der Waals surface area (Å²) >= 11 is 6.01. The van der Waals surface area contributed by atoms with E-state index in [1.165, 1.54) is 18.2 Å². The van der Waals surface area contributed by atoms with Gasteiger partial charge in [0, 0.05) is 31.9 Å². The number of piperazine rings is 1. The molecule has 1 amide bonds. The standard InChI is InChI=1S/C20H22ClFN2O2/c1-14(2)26-16-8-6-15(7-9-16)23-10-12-24(13-11-23)20(25)19-17(21)4-3-5-18(19)22/h3-9,14H,10-13H2,1-2H3. The molecular weight excluding hydrogens is 355 g/mol. The lowest BCUT2D eigenvalue weighted by Crippen LogP contribution is -2.49. The number of anilines is 1. The molecule has 0 N–H and O–H groups in total. The lowest BCUT2D eigenvalue weighted by atomic mass is 10.1. The Balaban J connectivity index is 1.63. The van der Waals surface area contributed by atoms with Gasteiger partial charge < -0.3 is 14.5 Å². The molecule has 1 fully saturated rings. The van der Waals surface area contributed by atoms with E-state index in [4.69, 9.17) is 16.3 Å². The lowest BCUT2D eigenvalue weighted by molar-refractivity contribution is 0.0742. The zero-order valence-corrected chi connectivity index (χ0v) is 15.7. The summed E-state index contributed by atoms with van der Waals surface area (Å²) in [5.41, 5.74) is 1.04. The van der Waals surface area contributed by atoms with Crippen LogP contribution in [0.2, 0.25) is 5.02 Å². The summed E-state index contributed by atoms with van der Waals surface area (Å²) in [5.74, 6) is -0.0918. The van der Waals surface area contributed by atoms with Gasteiger partial charge in [0.25, 0.3) is 5.91 Å². The van der Waals surface area contributed by atoms with Crippen molar-refractivity contribution < 1.29 is 13.9 Å². The first kappa shape index (κ1) is 18.5. The van der Waals surface area contributed by atoms with Crippen molar-refractivity contribution in [1.29, 1.82) is 0 Å². The van der Waals surface area contributed by atoms with E-state index in [2.05, 4.69) is 4.90 Å². The lowest BCUT2D eigenvalue weighted by Gasteiger charge is -2.36. The second-order valence-corrected chi connectivity index (χ2v) is 6.94. The third-order valence-electron chi connectivity index (χ3n) is 4.32. The van der Waals surface area contributed by atoms with Crippen LogP contribution in [0.15, 0.2) is 42.5 Å². The van der Waals surface area contributed by atoms with Gasteiger partial charge in [-0.15, -0.1) is 0 Å². The summed E-state index contributed by atoms with van der Waals surface area (Å²) in [6.07, 6.45) is 0.139. The maximum absolute atomic E-state index is 14.0. The van der Waals surface area contributed by atoms with E-state index in [0.717, 1.165) is 11.4 Å². The maximum atomic E-state index is 14.0. The number of hydrogen-bond donors (Lipinski definition) is 0. The molecule has 6 heteroatoms. The summed E-state index contributed by atoms with van der Waals surface area (Å²) in [7, 11) is 0. The number of hydrogen-bond acceptors (Lipinski definition) is 3. The molecule has 4 nitrogen and oxygen atoms in total. The van der Waals surface area contributed by atoms with E-state index in [-0.39, 0.29) is 22.6 Å². The predicted octanol–water partition coefficient (Wildman–Crippen LogP) is 4.23. The van der Waals surface area contributed by atoms with Crippen molar-refractivity contribution >= 4 is 23.2 Å². The number of carbonyl (C=O) groups is 1. The van der Waals surface area contributed by atoms with Crippen LogP contribution in [0, 0.1) is 5.82 Å². The molecular formula is C20H22ClFN2O2. The fraction of sp³-hybridized carbons (Fsp3) is 0.350. The maximum Gasteiger partial charge on any atom is 0.258 e. The van der Waals surface area contributed by atoms with Gasteiger partial charge in [-0.3, -0.25) is 4.79 Å². The topological polar surface area (TPSA) is 32.8 Å². The van der Waals surface area contributed by atoms with Gasteiger partial charge in [-0.1, -0.05) is 17.7 Å². The van der Waals surface area contributed by atoms with Crippen LogP contribution in [0.25, 0.3) is 0 Å². The monoisotopic (exact) mass is 376 g/mol. The highest BCUT2D eigenvalue weighted by atomic mass is 35.5. The molecule has 0 spiro atoms. The quantitative estimate of drug-likeness (QED) is 0.800. The molecule has 2 aromatic carbocycles. The molecule has 0 unspecified atom stereocenters. The molecule has 1 heterocycles. The van der Waals surface area contributed by atoms with Gasteiger partial charge in [0.2, 0.25) is 0 Å².